The first-order chi connectivity index (χ1) is 18.4. The molecule has 1 amide bonds. The lowest BCUT2D eigenvalue weighted by molar-refractivity contribution is -0.145. The van der Waals surface area contributed by atoms with Gasteiger partial charge in [0.2, 0.25) is 12.7 Å². The highest BCUT2D eigenvalue weighted by atomic mass is 16.7. The molecule has 1 fully saturated rings. The van der Waals surface area contributed by atoms with Gasteiger partial charge in [0.25, 0.3) is 0 Å². The Bertz CT molecular complexity index is 1100. The van der Waals surface area contributed by atoms with E-state index in [0.717, 1.165) is 30.4 Å². The number of likely N-dealkylation sites (tertiary alicyclic amines) is 1. The highest BCUT2D eigenvalue weighted by molar-refractivity contribution is 5.82. The SMILES string of the molecule is CCCC(C(=O)N(CCC)CCC)N1C[C@H](c2ccc3c(c2)OCO3)[C@H](C(=O)O)[C@H]1c1ccc(OC)cc1. The Kier molecular flexibility index (Phi) is 9.15. The number of carboxylic acid groups (broad SMARTS) is 1. The maximum absolute atomic E-state index is 14.0. The molecule has 2 aliphatic rings. The molecule has 0 radical (unpaired) electrons. The zero-order valence-corrected chi connectivity index (χ0v) is 22.9. The van der Waals surface area contributed by atoms with Crippen LogP contribution in [0.2, 0.25) is 0 Å². The number of nitrogens with zero attached hydrogens (tertiary/aromatic N) is 2. The molecule has 1 saturated heterocycles. The molecular weight excluding hydrogens is 484 g/mol. The minimum Gasteiger partial charge on any atom is -0.497 e. The van der Waals surface area contributed by atoms with Gasteiger partial charge < -0.3 is 24.2 Å². The van der Waals surface area contributed by atoms with Gasteiger partial charge in [0.05, 0.1) is 19.1 Å². The van der Waals surface area contributed by atoms with Crippen LogP contribution in [-0.2, 0) is 9.59 Å². The molecule has 2 heterocycles. The summed E-state index contributed by atoms with van der Waals surface area (Å²) in [5, 5.41) is 10.6. The summed E-state index contributed by atoms with van der Waals surface area (Å²) >= 11 is 0. The number of benzene rings is 2. The first-order valence-electron chi connectivity index (χ1n) is 13.7. The Morgan fingerprint density at radius 2 is 1.66 bits per heavy atom. The highest BCUT2D eigenvalue weighted by Crippen LogP contribution is 2.49. The van der Waals surface area contributed by atoms with Crippen molar-refractivity contribution in [3.05, 3.63) is 53.6 Å². The van der Waals surface area contributed by atoms with Crippen molar-refractivity contribution < 1.29 is 28.9 Å². The molecule has 1 unspecified atom stereocenters. The summed E-state index contributed by atoms with van der Waals surface area (Å²) in [7, 11) is 1.61. The van der Waals surface area contributed by atoms with E-state index in [0.29, 0.717) is 43.3 Å². The average molecular weight is 525 g/mol. The lowest BCUT2D eigenvalue weighted by atomic mass is 9.82. The number of methoxy groups -OCH3 is 1. The molecule has 2 aromatic carbocycles. The van der Waals surface area contributed by atoms with Crippen LogP contribution in [-0.4, -0.2) is 66.4 Å². The molecule has 0 bridgehead atoms. The molecule has 2 aliphatic heterocycles. The van der Waals surface area contributed by atoms with E-state index < -0.39 is 24.0 Å². The van der Waals surface area contributed by atoms with Crippen LogP contribution in [0.1, 0.15) is 69.5 Å². The second-order valence-corrected chi connectivity index (χ2v) is 10.1. The molecule has 8 heteroatoms. The highest BCUT2D eigenvalue weighted by Gasteiger charge is 2.51. The minimum absolute atomic E-state index is 0.0875. The molecule has 8 nitrogen and oxygen atoms in total. The largest absolute Gasteiger partial charge is 0.497 e. The van der Waals surface area contributed by atoms with Gasteiger partial charge in [-0.15, -0.1) is 0 Å². The van der Waals surface area contributed by atoms with Gasteiger partial charge in [0.15, 0.2) is 11.5 Å². The van der Waals surface area contributed by atoms with Crippen LogP contribution in [0, 0.1) is 5.92 Å². The summed E-state index contributed by atoms with van der Waals surface area (Å²) < 4.78 is 16.5. The van der Waals surface area contributed by atoms with Crippen LogP contribution in [0.25, 0.3) is 0 Å². The molecular formula is C30H40N2O6. The molecule has 4 atom stereocenters. The summed E-state index contributed by atoms with van der Waals surface area (Å²) in [4.78, 5) is 31.1. The van der Waals surface area contributed by atoms with Crippen LogP contribution in [0.5, 0.6) is 17.2 Å². The molecule has 38 heavy (non-hydrogen) atoms. The molecule has 2 aromatic rings. The Morgan fingerprint density at radius 1 is 1.00 bits per heavy atom. The van der Waals surface area contributed by atoms with E-state index >= 15 is 0 Å². The standard InChI is InChI=1S/C30H40N2O6/c1-5-8-24(29(33)31(15-6-2)16-7-3)32-18-23(21-11-14-25-26(17-21)38-19-37-25)27(30(34)35)28(32)20-9-12-22(36-4)13-10-20/h9-14,17,23-24,27-28H,5-8,15-16,18-19H2,1-4H3,(H,34,35)/t23-,24?,27+,28-/m1/s1. The monoisotopic (exact) mass is 524 g/mol. The molecule has 4 rings (SSSR count). The van der Waals surface area contributed by atoms with Gasteiger partial charge in [-0.1, -0.05) is 45.4 Å². The predicted octanol–water partition coefficient (Wildman–Crippen LogP) is 5.08. The Balaban J connectivity index is 1.80. The number of ether oxygens (including phenoxy) is 3. The molecule has 0 aliphatic carbocycles. The zero-order valence-electron chi connectivity index (χ0n) is 22.9. The van der Waals surface area contributed by atoms with Crippen molar-refractivity contribution in [1.82, 2.24) is 9.80 Å². The van der Waals surface area contributed by atoms with Gasteiger partial charge in [0, 0.05) is 31.6 Å². The Labute approximate surface area is 225 Å². The Morgan fingerprint density at radius 3 is 2.26 bits per heavy atom. The number of amides is 1. The van der Waals surface area contributed by atoms with E-state index in [2.05, 4.69) is 25.7 Å². The summed E-state index contributed by atoms with van der Waals surface area (Å²) in [6, 6.07) is 12.4. The smallest absolute Gasteiger partial charge is 0.309 e. The molecule has 0 saturated carbocycles. The third-order valence-corrected chi connectivity index (χ3v) is 7.65. The van der Waals surface area contributed by atoms with Gasteiger partial charge in [-0.2, -0.15) is 0 Å². The number of hydrogen-bond donors (Lipinski definition) is 1. The number of rotatable bonds is 12. The van der Waals surface area contributed by atoms with Gasteiger partial charge in [-0.3, -0.25) is 14.5 Å². The van der Waals surface area contributed by atoms with Crippen molar-refractivity contribution in [2.75, 3.05) is 33.5 Å². The maximum Gasteiger partial charge on any atom is 0.309 e. The number of carboxylic acids is 1. The molecule has 1 N–H and O–H groups in total. The van der Waals surface area contributed by atoms with Crippen molar-refractivity contribution in [1.29, 1.82) is 0 Å². The zero-order chi connectivity index (χ0) is 27.2. The van der Waals surface area contributed by atoms with Gasteiger partial charge in [-0.25, -0.2) is 0 Å². The van der Waals surface area contributed by atoms with Gasteiger partial charge in [-0.05, 0) is 54.7 Å². The van der Waals surface area contributed by atoms with Crippen molar-refractivity contribution in [3.63, 3.8) is 0 Å². The fourth-order valence-electron chi connectivity index (χ4n) is 5.95. The second-order valence-electron chi connectivity index (χ2n) is 10.1. The molecule has 0 aromatic heterocycles. The van der Waals surface area contributed by atoms with Crippen LogP contribution in [0.15, 0.2) is 42.5 Å². The van der Waals surface area contributed by atoms with E-state index in [-0.39, 0.29) is 18.6 Å². The molecule has 206 valence electrons. The number of carbonyl (C=O) groups excluding carboxylic acids is 1. The van der Waals surface area contributed by atoms with E-state index in [4.69, 9.17) is 14.2 Å². The van der Waals surface area contributed by atoms with Crippen LogP contribution < -0.4 is 14.2 Å². The van der Waals surface area contributed by atoms with Crippen molar-refractivity contribution >= 4 is 11.9 Å². The summed E-state index contributed by atoms with van der Waals surface area (Å²) in [6.45, 7) is 8.24. The van der Waals surface area contributed by atoms with Crippen LogP contribution in [0.4, 0.5) is 0 Å². The quantitative estimate of drug-likeness (QED) is 0.414. The average Bonchev–Trinajstić information content (AvgIpc) is 3.56. The third kappa shape index (κ3) is 5.60. The van der Waals surface area contributed by atoms with Crippen molar-refractivity contribution in [3.8, 4) is 17.2 Å². The number of carbonyl (C=O) groups is 2. The minimum atomic E-state index is -0.877. The Hall–Kier alpha value is -3.26. The topological polar surface area (TPSA) is 88.5 Å². The van der Waals surface area contributed by atoms with Gasteiger partial charge >= 0.3 is 5.97 Å². The van der Waals surface area contributed by atoms with Crippen molar-refractivity contribution in [2.24, 2.45) is 5.92 Å². The summed E-state index contributed by atoms with van der Waals surface area (Å²) in [6.07, 6.45) is 3.24. The van der Waals surface area contributed by atoms with E-state index in [1.807, 2.05) is 47.4 Å². The lowest BCUT2D eigenvalue weighted by Gasteiger charge is -2.36. The summed E-state index contributed by atoms with van der Waals surface area (Å²) in [5.41, 5.74) is 1.75. The third-order valence-electron chi connectivity index (χ3n) is 7.65. The van der Waals surface area contributed by atoms with E-state index in [1.54, 1.807) is 7.11 Å². The summed E-state index contributed by atoms with van der Waals surface area (Å²) in [5.74, 6) is 0.132. The van der Waals surface area contributed by atoms with Crippen molar-refractivity contribution in [2.45, 2.75) is 64.5 Å². The second kappa shape index (κ2) is 12.5. The number of fused-ring (bicyclic) bond motifs is 1. The lowest BCUT2D eigenvalue weighted by Crippen LogP contribution is -2.49. The van der Waals surface area contributed by atoms with E-state index in [9.17, 15) is 14.7 Å². The molecule has 0 spiro atoms. The van der Waals surface area contributed by atoms with Crippen LogP contribution in [0.3, 0.4) is 0 Å². The fourth-order valence-corrected chi connectivity index (χ4v) is 5.95. The maximum atomic E-state index is 14.0. The predicted molar refractivity (Wildman–Crippen MR) is 145 cm³/mol. The first-order valence-corrected chi connectivity index (χ1v) is 13.7. The fraction of sp³-hybridized carbons (Fsp3) is 0.533. The normalized spacial score (nSPS) is 21.3. The first kappa shape index (κ1) is 27.8. The number of aliphatic carboxylic acids is 1. The van der Waals surface area contributed by atoms with E-state index in [1.165, 1.54) is 0 Å². The van der Waals surface area contributed by atoms with Crippen LogP contribution >= 0.6 is 0 Å². The van der Waals surface area contributed by atoms with Gasteiger partial charge in [0.1, 0.15) is 5.75 Å². The number of hydrogen-bond acceptors (Lipinski definition) is 6.